The van der Waals surface area contributed by atoms with E-state index in [2.05, 4.69) is 6.92 Å². The van der Waals surface area contributed by atoms with Gasteiger partial charge in [0.1, 0.15) is 0 Å². The van der Waals surface area contributed by atoms with Gasteiger partial charge in [-0.05, 0) is 31.1 Å². The van der Waals surface area contributed by atoms with Crippen molar-refractivity contribution in [3.8, 4) is 0 Å². The Bertz CT molecular complexity index is 365. The number of carbonyl (C=O) groups excluding carboxylic acids is 1. The summed E-state index contributed by atoms with van der Waals surface area (Å²) in [4.78, 5) is 12.3. The van der Waals surface area contributed by atoms with E-state index in [1.54, 1.807) is 0 Å². The molecule has 1 spiro atoms. The van der Waals surface area contributed by atoms with Crippen molar-refractivity contribution >= 4 is 5.97 Å². The fourth-order valence-corrected chi connectivity index (χ4v) is 4.84. The number of ether oxygens (including phenoxy) is 1. The number of cyclic esters (lactones) is 1. The van der Waals surface area contributed by atoms with Crippen LogP contribution in [0.25, 0.3) is 0 Å². The summed E-state index contributed by atoms with van der Waals surface area (Å²) in [7, 11) is 0. The maximum Gasteiger partial charge on any atom is 0.315 e. The molecule has 0 bridgehead atoms. The first-order valence-corrected chi connectivity index (χ1v) is 7.04. The van der Waals surface area contributed by atoms with Gasteiger partial charge in [0.2, 0.25) is 0 Å². The van der Waals surface area contributed by atoms with Gasteiger partial charge in [0.25, 0.3) is 0 Å². The van der Waals surface area contributed by atoms with Crippen molar-refractivity contribution in [2.45, 2.75) is 57.7 Å². The molecule has 0 aromatic carbocycles. The number of rotatable bonds is 0. The van der Waals surface area contributed by atoms with Crippen LogP contribution >= 0.6 is 0 Å². The van der Waals surface area contributed by atoms with E-state index in [4.69, 9.17) is 4.74 Å². The first kappa shape index (κ1) is 12.4. The summed E-state index contributed by atoms with van der Waals surface area (Å²) in [5, 5.41) is 20.7. The summed E-state index contributed by atoms with van der Waals surface area (Å²) in [6.07, 6.45) is 3.69. The fourth-order valence-electron chi connectivity index (χ4n) is 4.84. The average Bonchev–Trinajstić information content (AvgIpc) is 2.63. The molecule has 4 heteroatoms. The molecule has 3 aliphatic rings. The lowest BCUT2D eigenvalue weighted by Crippen LogP contribution is -2.59. The van der Waals surface area contributed by atoms with E-state index in [1.165, 1.54) is 0 Å². The van der Waals surface area contributed by atoms with Gasteiger partial charge >= 0.3 is 5.97 Å². The van der Waals surface area contributed by atoms with Gasteiger partial charge in [0, 0.05) is 12.3 Å². The Labute approximate surface area is 107 Å². The smallest absolute Gasteiger partial charge is 0.315 e. The zero-order chi connectivity index (χ0) is 13.0. The van der Waals surface area contributed by atoms with Gasteiger partial charge < -0.3 is 14.9 Å². The normalized spacial score (nSPS) is 52.2. The van der Waals surface area contributed by atoms with Crippen molar-refractivity contribution in [2.24, 2.45) is 16.7 Å². The molecular weight excluding hydrogens is 232 g/mol. The zero-order valence-electron chi connectivity index (χ0n) is 10.9. The second-order valence-corrected chi connectivity index (χ2v) is 6.57. The van der Waals surface area contributed by atoms with Gasteiger partial charge in [-0.15, -0.1) is 0 Å². The van der Waals surface area contributed by atoms with Gasteiger partial charge in [0.15, 0.2) is 0 Å². The summed E-state index contributed by atoms with van der Waals surface area (Å²) >= 11 is 0. The SMILES string of the molecule is CC12CCC[C@@]3(C(=O)OCC[C@H]3O)[C@@H]1[C@@H](O)CC2. The minimum absolute atomic E-state index is 0.0188. The number of hydrogen-bond donors (Lipinski definition) is 2. The minimum atomic E-state index is -0.846. The third-order valence-electron chi connectivity index (χ3n) is 5.64. The molecular formula is C14H22O4. The van der Waals surface area contributed by atoms with Crippen LogP contribution < -0.4 is 0 Å². The van der Waals surface area contributed by atoms with Crippen LogP contribution in [0.2, 0.25) is 0 Å². The molecule has 1 unspecified atom stereocenters. The molecule has 2 aliphatic carbocycles. The van der Waals surface area contributed by atoms with Crippen LogP contribution in [0, 0.1) is 16.7 Å². The largest absolute Gasteiger partial charge is 0.465 e. The third-order valence-corrected chi connectivity index (χ3v) is 5.64. The number of carbonyl (C=O) groups is 1. The molecule has 3 fully saturated rings. The maximum atomic E-state index is 12.3. The van der Waals surface area contributed by atoms with Gasteiger partial charge in [-0.25, -0.2) is 0 Å². The molecule has 0 amide bonds. The Balaban J connectivity index is 2.05. The summed E-state index contributed by atoms with van der Waals surface area (Å²) < 4.78 is 5.23. The molecule has 0 radical (unpaired) electrons. The number of aliphatic hydroxyl groups excluding tert-OH is 2. The Hall–Kier alpha value is -0.610. The highest BCUT2D eigenvalue weighted by molar-refractivity contribution is 5.79. The monoisotopic (exact) mass is 254 g/mol. The standard InChI is InChI=1S/C14H22O4/c1-13-5-2-6-14(11(13)9(15)3-7-13)10(16)4-8-18-12(14)17/h9-11,15-16H,2-8H2,1H3/t9-,10+,11+,13?,14-/m0/s1. The topological polar surface area (TPSA) is 66.8 Å². The molecule has 2 N–H and O–H groups in total. The van der Waals surface area contributed by atoms with Crippen LogP contribution in [0.1, 0.15) is 45.4 Å². The lowest BCUT2D eigenvalue weighted by atomic mass is 9.53. The van der Waals surface area contributed by atoms with Crippen molar-refractivity contribution < 1.29 is 19.7 Å². The second-order valence-electron chi connectivity index (χ2n) is 6.57. The summed E-state index contributed by atoms with van der Waals surface area (Å²) in [5.74, 6) is -0.417. The van der Waals surface area contributed by atoms with Gasteiger partial charge in [0.05, 0.1) is 24.2 Å². The summed E-state index contributed by atoms with van der Waals surface area (Å²) in [6.45, 7) is 2.46. The molecule has 5 atom stereocenters. The molecule has 18 heavy (non-hydrogen) atoms. The number of hydrogen-bond acceptors (Lipinski definition) is 4. The molecule has 2 saturated carbocycles. The first-order chi connectivity index (χ1) is 8.51. The van der Waals surface area contributed by atoms with Crippen molar-refractivity contribution in [1.29, 1.82) is 0 Å². The molecule has 3 rings (SSSR count). The predicted molar refractivity (Wildman–Crippen MR) is 64.7 cm³/mol. The minimum Gasteiger partial charge on any atom is -0.465 e. The Morgan fingerprint density at radius 3 is 2.72 bits per heavy atom. The van der Waals surface area contributed by atoms with Crippen molar-refractivity contribution in [3.63, 3.8) is 0 Å². The van der Waals surface area contributed by atoms with Gasteiger partial charge in [-0.2, -0.15) is 0 Å². The Morgan fingerprint density at radius 1 is 1.22 bits per heavy atom. The van der Waals surface area contributed by atoms with Crippen LogP contribution in [-0.2, 0) is 9.53 Å². The van der Waals surface area contributed by atoms with Crippen molar-refractivity contribution in [2.75, 3.05) is 6.61 Å². The third kappa shape index (κ3) is 1.42. The van der Waals surface area contributed by atoms with E-state index in [0.717, 1.165) is 25.7 Å². The Kier molecular flexibility index (Phi) is 2.72. The van der Waals surface area contributed by atoms with E-state index in [0.29, 0.717) is 19.4 Å². The van der Waals surface area contributed by atoms with Crippen molar-refractivity contribution in [1.82, 2.24) is 0 Å². The lowest BCUT2D eigenvalue weighted by Gasteiger charge is -2.53. The number of aliphatic hydroxyl groups is 2. The molecule has 4 nitrogen and oxygen atoms in total. The van der Waals surface area contributed by atoms with Gasteiger partial charge in [-0.1, -0.05) is 13.3 Å². The highest BCUT2D eigenvalue weighted by Gasteiger charge is 2.65. The maximum absolute atomic E-state index is 12.3. The van der Waals surface area contributed by atoms with E-state index in [9.17, 15) is 15.0 Å². The van der Waals surface area contributed by atoms with E-state index >= 15 is 0 Å². The molecule has 1 aliphatic heterocycles. The summed E-state index contributed by atoms with van der Waals surface area (Å²) in [6, 6.07) is 0. The van der Waals surface area contributed by atoms with Crippen LogP contribution in [-0.4, -0.2) is 35.0 Å². The molecule has 1 saturated heterocycles. The predicted octanol–water partition coefficient (Wildman–Crippen LogP) is 1.24. The van der Waals surface area contributed by atoms with Gasteiger partial charge in [-0.3, -0.25) is 4.79 Å². The average molecular weight is 254 g/mol. The zero-order valence-corrected chi connectivity index (χ0v) is 10.9. The van der Waals surface area contributed by atoms with E-state index < -0.39 is 17.6 Å². The number of esters is 1. The van der Waals surface area contributed by atoms with E-state index in [1.807, 2.05) is 0 Å². The fraction of sp³-hybridized carbons (Fsp3) is 0.929. The van der Waals surface area contributed by atoms with Crippen LogP contribution in [0.3, 0.4) is 0 Å². The quantitative estimate of drug-likeness (QED) is 0.638. The molecule has 1 heterocycles. The van der Waals surface area contributed by atoms with Crippen LogP contribution in [0.15, 0.2) is 0 Å². The first-order valence-electron chi connectivity index (χ1n) is 7.04. The van der Waals surface area contributed by atoms with Crippen LogP contribution in [0.5, 0.6) is 0 Å². The second kappa shape index (κ2) is 3.94. The molecule has 0 aromatic heterocycles. The lowest BCUT2D eigenvalue weighted by molar-refractivity contribution is -0.202. The Morgan fingerprint density at radius 2 is 2.00 bits per heavy atom. The molecule has 102 valence electrons. The van der Waals surface area contributed by atoms with Crippen LogP contribution in [0.4, 0.5) is 0 Å². The highest BCUT2D eigenvalue weighted by Crippen LogP contribution is 2.62. The molecule has 0 aromatic rings. The highest BCUT2D eigenvalue weighted by atomic mass is 16.5. The number of fused-ring (bicyclic) bond motifs is 2. The van der Waals surface area contributed by atoms with Crippen molar-refractivity contribution in [3.05, 3.63) is 0 Å². The summed E-state index contributed by atoms with van der Waals surface area (Å²) in [5.41, 5.74) is -0.865. The van der Waals surface area contributed by atoms with E-state index in [-0.39, 0.29) is 17.3 Å².